The van der Waals surface area contributed by atoms with Crippen LogP contribution in [0.15, 0.2) is 16.9 Å². The van der Waals surface area contributed by atoms with E-state index in [2.05, 4.69) is 15.0 Å². The Hall–Kier alpha value is -1.32. The normalized spacial score (nSPS) is 8.50. The molecule has 0 atom stereocenters. The summed E-state index contributed by atoms with van der Waals surface area (Å²) < 4.78 is 4.40. The van der Waals surface area contributed by atoms with Crippen molar-refractivity contribution in [1.82, 2.24) is 5.16 Å². The lowest BCUT2D eigenvalue weighted by molar-refractivity contribution is -0.105. The van der Waals surface area contributed by atoms with Crippen molar-refractivity contribution in [2.24, 2.45) is 0 Å². The van der Waals surface area contributed by atoms with Crippen LogP contribution in [-0.4, -0.2) is 11.6 Å². The molecule has 0 aliphatic rings. The van der Waals surface area contributed by atoms with E-state index in [0.717, 1.165) is 0 Å². The van der Waals surface area contributed by atoms with Crippen molar-refractivity contribution in [3.05, 3.63) is 12.3 Å². The monoisotopic (exact) mass is 112 g/mol. The lowest BCUT2D eigenvalue weighted by Gasteiger charge is -1.81. The molecule has 1 aromatic rings. The fourth-order valence-electron chi connectivity index (χ4n) is 0.347. The number of nitrogens with zero attached hydrogens (tertiary/aromatic N) is 1. The first-order valence-corrected chi connectivity index (χ1v) is 2.04. The third kappa shape index (κ3) is 0.841. The number of hydrogen-bond acceptors (Lipinski definition) is 3. The van der Waals surface area contributed by atoms with Crippen LogP contribution in [0.2, 0.25) is 0 Å². The van der Waals surface area contributed by atoms with E-state index in [1.54, 1.807) is 6.07 Å². The van der Waals surface area contributed by atoms with Gasteiger partial charge < -0.3 is 9.84 Å². The fourth-order valence-corrected chi connectivity index (χ4v) is 0.347. The molecule has 0 bridgehead atoms. The second-order valence-electron chi connectivity index (χ2n) is 1.15. The SMILES string of the molecule is O=CNc1ccon1. The molecule has 0 saturated carbocycles. The maximum atomic E-state index is 9.68. The molecule has 1 amide bonds. The second-order valence-corrected chi connectivity index (χ2v) is 1.15. The molecule has 0 radical (unpaired) electrons. The van der Waals surface area contributed by atoms with E-state index in [0.29, 0.717) is 12.2 Å². The minimum atomic E-state index is 0.431. The Labute approximate surface area is 45.5 Å². The van der Waals surface area contributed by atoms with Gasteiger partial charge >= 0.3 is 0 Å². The van der Waals surface area contributed by atoms with Crippen LogP contribution >= 0.6 is 0 Å². The Kier molecular flexibility index (Phi) is 1.27. The van der Waals surface area contributed by atoms with Gasteiger partial charge in [0.15, 0.2) is 5.82 Å². The highest BCUT2D eigenvalue weighted by Crippen LogP contribution is 1.97. The molecule has 0 fully saturated rings. The lowest BCUT2D eigenvalue weighted by Crippen LogP contribution is -1.91. The molecule has 0 aromatic carbocycles. The van der Waals surface area contributed by atoms with E-state index in [1.165, 1.54) is 6.26 Å². The highest BCUT2D eigenvalue weighted by atomic mass is 16.5. The van der Waals surface area contributed by atoms with Crippen LogP contribution in [-0.2, 0) is 4.79 Å². The lowest BCUT2D eigenvalue weighted by atomic mass is 10.6. The highest BCUT2D eigenvalue weighted by Gasteiger charge is 1.87. The second kappa shape index (κ2) is 2.11. The number of carbonyl (C=O) groups is 1. The zero-order valence-electron chi connectivity index (χ0n) is 4.00. The van der Waals surface area contributed by atoms with Crippen LogP contribution in [0.25, 0.3) is 0 Å². The maximum Gasteiger partial charge on any atom is 0.212 e. The molecule has 0 aliphatic carbocycles. The first-order valence-electron chi connectivity index (χ1n) is 2.04. The summed E-state index contributed by atoms with van der Waals surface area (Å²) in [6, 6.07) is 1.55. The number of nitrogens with one attached hydrogen (secondary N) is 1. The summed E-state index contributed by atoms with van der Waals surface area (Å²) >= 11 is 0. The van der Waals surface area contributed by atoms with Crippen molar-refractivity contribution < 1.29 is 9.32 Å². The average molecular weight is 112 g/mol. The number of aromatic nitrogens is 1. The van der Waals surface area contributed by atoms with Crippen LogP contribution < -0.4 is 5.32 Å². The zero-order valence-corrected chi connectivity index (χ0v) is 4.00. The van der Waals surface area contributed by atoms with Crippen LogP contribution in [0.4, 0.5) is 5.82 Å². The van der Waals surface area contributed by atoms with E-state index in [9.17, 15) is 4.79 Å². The van der Waals surface area contributed by atoms with Gasteiger partial charge in [0.05, 0.1) is 0 Å². The van der Waals surface area contributed by atoms with Gasteiger partial charge in [-0.3, -0.25) is 4.79 Å². The minimum absolute atomic E-state index is 0.431. The fraction of sp³-hybridized carbons (Fsp3) is 0. The molecule has 42 valence electrons. The van der Waals surface area contributed by atoms with Gasteiger partial charge in [0.2, 0.25) is 6.41 Å². The van der Waals surface area contributed by atoms with Crippen molar-refractivity contribution in [2.45, 2.75) is 0 Å². The molecule has 1 aromatic heterocycles. The van der Waals surface area contributed by atoms with Gasteiger partial charge in [-0.1, -0.05) is 5.16 Å². The summed E-state index contributed by atoms with van der Waals surface area (Å²) in [6.07, 6.45) is 1.92. The number of anilines is 1. The van der Waals surface area contributed by atoms with Gasteiger partial charge in [0.25, 0.3) is 0 Å². The predicted octanol–water partition coefficient (Wildman–Crippen LogP) is 0.243. The van der Waals surface area contributed by atoms with Gasteiger partial charge in [0.1, 0.15) is 6.26 Å². The van der Waals surface area contributed by atoms with Crippen LogP contribution in [0.5, 0.6) is 0 Å². The zero-order chi connectivity index (χ0) is 5.82. The van der Waals surface area contributed by atoms with E-state index in [1.807, 2.05) is 0 Å². The third-order valence-electron chi connectivity index (χ3n) is 0.645. The molecule has 4 heteroatoms. The van der Waals surface area contributed by atoms with Crippen molar-refractivity contribution in [2.75, 3.05) is 5.32 Å². The van der Waals surface area contributed by atoms with Crippen molar-refractivity contribution >= 4 is 12.2 Å². The largest absolute Gasteiger partial charge is 0.363 e. The molecule has 1 heterocycles. The predicted molar refractivity (Wildman–Crippen MR) is 26.2 cm³/mol. The molecule has 0 saturated heterocycles. The Morgan fingerprint density at radius 3 is 3.25 bits per heavy atom. The molecular weight excluding hydrogens is 108 g/mol. The molecule has 0 aliphatic heterocycles. The van der Waals surface area contributed by atoms with Crippen molar-refractivity contribution in [3.8, 4) is 0 Å². The number of rotatable bonds is 2. The Bertz CT molecular complexity index is 159. The van der Waals surface area contributed by atoms with Gasteiger partial charge in [-0.05, 0) is 0 Å². The first-order chi connectivity index (χ1) is 3.93. The van der Waals surface area contributed by atoms with Gasteiger partial charge in [-0.2, -0.15) is 0 Å². The topological polar surface area (TPSA) is 55.1 Å². The van der Waals surface area contributed by atoms with Crippen LogP contribution in [0, 0.1) is 0 Å². The van der Waals surface area contributed by atoms with E-state index >= 15 is 0 Å². The maximum absolute atomic E-state index is 9.68. The molecule has 1 rings (SSSR count). The standard InChI is InChI=1S/C4H4N2O2/c7-3-5-4-1-2-8-6-4/h1-3H,(H,5,6,7). The molecule has 4 nitrogen and oxygen atoms in total. The molecule has 0 unspecified atom stereocenters. The van der Waals surface area contributed by atoms with E-state index in [-0.39, 0.29) is 0 Å². The molecule has 0 spiro atoms. The van der Waals surface area contributed by atoms with Gasteiger partial charge in [-0.15, -0.1) is 0 Å². The highest BCUT2D eigenvalue weighted by molar-refractivity contribution is 5.67. The average Bonchev–Trinajstić information content (AvgIpc) is 2.19. The quantitative estimate of drug-likeness (QED) is 0.557. The smallest absolute Gasteiger partial charge is 0.212 e. The van der Waals surface area contributed by atoms with Crippen molar-refractivity contribution in [3.63, 3.8) is 0 Å². The molecule has 8 heavy (non-hydrogen) atoms. The van der Waals surface area contributed by atoms with E-state index in [4.69, 9.17) is 0 Å². The third-order valence-corrected chi connectivity index (χ3v) is 0.645. The number of carbonyl (C=O) groups excluding carboxylic acids is 1. The summed E-state index contributed by atoms with van der Waals surface area (Å²) in [5, 5.41) is 5.69. The molecular formula is C4H4N2O2. The van der Waals surface area contributed by atoms with Crippen LogP contribution in [0.1, 0.15) is 0 Å². The Balaban J connectivity index is 2.62. The number of hydrogen-bond donors (Lipinski definition) is 1. The Morgan fingerprint density at radius 2 is 2.75 bits per heavy atom. The minimum Gasteiger partial charge on any atom is -0.363 e. The molecule has 1 N–H and O–H groups in total. The van der Waals surface area contributed by atoms with E-state index < -0.39 is 0 Å². The summed E-state index contributed by atoms with van der Waals surface area (Å²) in [4.78, 5) is 9.68. The summed E-state index contributed by atoms with van der Waals surface area (Å²) in [5.74, 6) is 0.431. The van der Waals surface area contributed by atoms with Crippen LogP contribution in [0.3, 0.4) is 0 Å². The Morgan fingerprint density at radius 1 is 1.88 bits per heavy atom. The number of amides is 1. The van der Waals surface area contributed by atoms with Gasteiger partial charge in [-0.25, -0.2) is 0 Å². The summed E-state index contributed by atoms with van der Waals surface area (Å²) in [7, 11) is 0. The van der Waals surface area contributed by atoms with Gasteiger partial charge in [0, 0.05) is 6.07 Å². The van der Waals surface area contributed by atoms with Crippen molar-refractivity contribution in [1.29, 1.82) is 0 Å². The first kappa shape index (κ1) is 4.83. The summed E-state index contributed by atoms with van der Waals surface area (Å²) in [5.41, 5.74) is 0. The summed E-state index contributed by atoms with van der Waals surface area (Å²) in [6.45, 7) is 0.